The maximum atomic E-state index is 14.1. The number of ketones is 4. The number of Topliss-reactive ketones (excluding diaryl/α,β-unsaturated/α-hetero) is 4. The molecule has 15 nitrogen and oxygen atoms in total. The van der Waals surface area contributed by atoms with E-state index < -0.39 is 129 Å². The lowest BCUT2D eigenvalue weighted by Crippen LogP contribution is -2.49. The van der Waals surface area contributed by atoms with Crippen molar-refractivity contribution < 1.29 is 72.9 Å². The summed E-state index contributed by atoms with van der Waals surface area (Å²) in [6.45, 7) is 2.16. The van der Waals surface area contributed by atoms with E-state index in [1.165, 1.54) is 24.3 Å². The number of fused-ring (bicyclic) bond motifs is 5. The van der Waals surface area contributed by atoms with Gasteiger partial charge in [0.05, 0.1) is 39.3 Å². The summed E-state index contributed by atoms with van der Waals surface area (Å²) in [5, 5.41) is 45.4. The number of carbonyl (C=O) groups is 7. The SMILES string of the molecule is CC(=O)Oc1c2c(c(O)c3ccccc13)C(=O)C1=C(C2=O)C(O)OC(C(=O)C2CC3C(=O)c4c(c(OC(C)=O)c5ccccc5c4O)C(O)=C3C(=O)O2)C1. The Morgan fingerprint density at radius 3 is 1.80 bits per heavy atom. The summed E-state index contributed by atoms with van der Waals surface area (Å²) in [5.41, 5.74) is -3.36. The number of benzene rings is 4. The molecule has 4 N–H and O–H groups in total. The van der Waals surface area contributed by atoms with E-state index in [4.69, 9.17) is 18.9 Å². The molecule has 2 aliphatic heterocycles. The van der Waals surface area contributed by atoms with Gasteiger partial charge in [0.2, 0.25) is 5.78 Å². The van der Waals surface area contributed by atoms with Gasteiger partial charge in [-0.25, -0.2) is 4.79 Å². The molecular formula is C39H26O15. The van der Waals surface area contributed by atoms with E-state index in [1.54, 1.807) is 24.3 Å². The lowest BCUT2D eigenvalue weighted by Gasteiger charge is -2.37. The summed E-state index contributed by atoms with van der Waals surface area (Å²) in [7, 11) is 0. The third kappa shape index (κ3) is 4.85. The van der Waals surface area contributed by atoms with E-state index in [1.807, 2.05) is 0 Å². The molecule has 4 unspecified atom stereocenters. The quantitative estimate of drug-likeness (QED) is 0.173. The largest absolute Gasteiger partial charge is 0.507 e. The third-order valence-corrected chi connectivity index (χ3v) is 9.96. The molecule has 4 aromatic carbocycles. The highest BCUT2D eigenvalue weighted by molar-refractivity contribution is 6.32. The van der Waals surface area contributed by atoms with Crippen LogP contribution in [0.15, 0.2) is 65.3 Å². The number of hydrogen-bond donors (Lipinski definition) is 4. The standard InChI is InChI=1S/C39H26O15/c1-13(40)51-36-17-9-5-3-7-15(17)29(42)25-27(36)34(47)23-19(31(25)44)11-21(53-38(23)49)33(46)22-12-20-24(39(50)54-22)35(48)28-26(32(20)45)30(43)16-8-4-6-10-18(16)37(28)52-14(2)41/h3-10,19,21-22,39,42-43,47,50H,11-12H2,1-2H3. The van der Waals surface area contributed by atoms with Crippen molar-refractivity contribution >= 4 is 68.3 Å². The van der Waals surface area contributed by atoms with Gasteiger partial charge in [-0.2, -0.15) is 0 Å². The number of hydrogen-bond acceptors (Lipinski definition) is 15. The first-order valence-electron chi connectivity index (χ1n) is 16.5. The minimum Gasteiger partial charge on any atom is -0.507 e. The van der Waals surface area contributed by atoms with Crippen molar-refractivity contribution in [1.29, 1.82) is 0 Å². The zero-order chi connectivity index (χ0) is 38.5. The van der Waals surface area contributed by atoms with Gasteiger partial charge in [-0.05, 0) is 0 Å². The summed E-state index contributed by atoms with van der Waals surface area (Å²) in [6.07, 6.45) is -6.84. The van der Waals surface area contributed by atoms with Crippen LogP contribution in [0.4, 0.5) is 0 Å². The first kappa shape index (κ1) is 34.4. The predicted octanol–water partition coefficient (Wildman–Crippen LogP) is 3.70. The molecule has 4 aliphatic rings. The highest BCUT2D eigenvalue weighted by Crippen LogP contribution is 2.51. The van der Waals surface area contributed by atoms with Crippen molar-refractivity contribution in [3.63, 3.8) is 0 Å². The molecule has 4 atom stereocenters. The van der Waals surface area contributed by atoms with Gasteiger partial charge in [-0.15, -0.1) is 0 Å². The van der Waals surface area contributed by atoms with Crippen molar-refractivity contribution in [3.8, 4) is 23.0 Å². The van der Waals surface area contributed by atoms with E-state index in [2.05, 4.69) is 0 Å². The molecular weight excluding hydrogens is 708 g/mol. The molecule has 2 heterocycles. The van der Waals surface area contributed by atoms with Crippen LogP contribution in [0.25, 0.3) is 27.3 Å². The average molecular weight is 735 g/mol. The lowest BCUT2D eigenvalue weighted by atomic mass is 9.74. The topological polar surface area (TPSA) is 237 Å². The number of esters is 3. The minimum absolute atomic E-state index is 0.0805. The van der Waals surface area contributed by atoms with E-state index >= 15 is 0 Å². The van der Waals surface area contributed by atoms with Gasteiger partial charge >= 0.3 is 17.9 Å². The second-order valence-corrected chi connectivity index (χ2v) is 13.1. The van der Waals surface area contributed by atoms with E-state index in [-0.39, 0.29) is 38.6 Å². The van der Waals surface area contributed by atoms with E-state index in [0.29, 0.717) is 0 Å². The fourth-order valence-electron chi connectivity index (χ4n) is 7.72. The molecule has 1 fully saturated rings. The highest BCUT2D eigenvalue weighted by atomic mass is 16.6. The van der Waals surface area contributed by atoms with Crippen molar-refractivity contribution in [3.05, 3.63) is 87.5 Å². The molecule has 0 amide bonds. The van der Waals surface area contributed by atoms with Crippen LogP contribution >= 0.6 is 0 Å². The number of rotatable bonds is 4. The number of cyclic esters (lactones) is 1. The van der Waals surface area contributed by atoms with Crippen molar-refractivity contribution in [2.75, 3.05) is 0 Å². The van der Waals surface area contributed by atoms with E-state index in [0.717, 1.165) is 13.8 Å². The highest BCUT2D eigenvalue weighted by Gasteiger charge is 2.52. The summed E-state index contributed by atoms with van der Waals surface area (Å²) in [5.74, 6) is -10.9. The van der Waals surface area contributed by atoms with Crippen molar-refractivity contribution in [2.24, 2.45) is 5.92 Å². The number of phenolic OH excluding ortho intramolecular Hbond substituents is 2. The fourth-order valence-corrected chi connectivity index (χ4v) is 7.72. The average Bonchev–Trinajstić information content (AvgIpc) is 3.13. The summed E-state index contributed by atoms with van der Waals surface area (Å²) < 4.78 is 21.6. The molecule has 8 rings (SSSR count). The number of aromatic hydroxyl groups is 2. The molecule has 2 aliphatic carbocycles. The van der Waals surface area contributed by atoms with E-state index in [9.17, 15) is 54.0 Å². The Morgan fingerprint density at radius 2 is 1.22 bits per heavy atom. The predicted molar refractivity (Wildman–Crippen MR) is 182 cm³/mol. The molecule has 54 heavy (non-hydrogen) atoms. The second kappa shape index (κ2) is 12.2. The van der Waals surface area contributed by atoms with Gasteiger partial charge < -0.3 is 39.4 Å². The number of aliphatic hydroxyl groups is 2. The molecule has 0 bridgehead atoms. The van der Waals surface area contributed by atoms with Crippen LogP contribution in [0.5, 0.6) is 23.0 Å². The zero-order valence-corrected chi connectivity index (χ0v) is 28.1. The van der Waals surface area contributed by atoms with Gasteiger partial charge in [0.1, 0.15) is 23.4 Å². The van der Waals surface area contributed by atoms with Crippen LogP contribution in [-0.4, -0.2) is 80.0 Å². The molecule has 0 saturated carbocycles. The van der Waals surface area contributed by atoms with Crippen LogP contribution in [0.1, 0.15) is 63.3 Å². The Kier molecular flexibility index (Phi) is 7.75. The van der Waals surface area contributed by atoms with Crippen LogP contribution in [0, 0.1) is 5.92 Å². The molecule has 15 heteroatoms. The van der Waals surface area contributed by atoms with Gasteiger partial charge in [0.25, 0.3) is 0 Å². The summed E-state index contributed by atoms with van der Waals surface area (Å²) in [4.78, 5) is 93.6. The summed E-state index contributed by atoms with van der Waals surface area (Å²) in [6, 6.07) is 12.0. The smallest absolute Gasteiger partial charge is 0.339 e. The maximum absolute atomic E-state index is 14.1. The van der Waals surface area contributed by atoms with Crippen molar-refractivity contribution in [1.82, 2.24) is 0 Å². The number of phenols is 2. The fraction of sp³-hybridized carbons (Fsp3) is 0.205. The number of carbonyl (C=O) groups excluding carboxylic acids is 7. The first-order chi connectivity index (χ1) is 25.7. The van der Waals surface area contributed by atoms with Gasteiger partial charge in [-0.3, -0.25) is 28.8 Å². The molecule has 272 valence electrons. The van der Waals surface area contributed by atoms with Crippen LogP contribution in [0.3, 0.4) is 0 Å². The van der Waals surface area contributed by atoms with Gasteiger partial charge in [0, 0.05) is 53.8 Å². The van der Waals surface area contributed by atoms with Gasteiger partial charge in [0.15, 0.2) is 41.2 Å². The maximum Gasteiger partial charge on any atom is 0.339 e. The molecule has 0 spiro atoms. The Bertz CT molecular complexity index is 2570. The van der Waals surface area contributed by atoms with Gasteiger partial charge in [-0.1, -0.05) is 48.5 Å². The van der Waals surface area contributed by atoms with Crippen LogP contribution in [0.2, 0.25) is 0 Å². The minimum atomic E-state index is -2.18. The van der Waals surface area contributed by atoms with Crippen LogP contribution in [-0.2, 0) is 28.7 Å². The molecule has 4 aromatic rings. The Hall–Kier alpha value is -6.71. The number of aliphatic hydroxyl groups excluding tert-OH is 2. The third-order valence-electron chi connectivity index (χ3n) is 9.96. The number of ether oxygens (including phenoxy) is 4. The first-order valence-corrected chi connectivity index (χ1v) is 16.5. The molecule has 1 saturated heterocycles. The second-order valence-electron chi connectivity index (χ2n) is 13.1. The Balaban J connectivity index is 1.15. The normalized spacial score (nSPS) is 22.0. The Morgan fingerprint density at radius 1 is 0.685 bits per heavy atom. The zero-order valence-electron chi connectivity index (χ0n) is 28.1. The lowest BCUT2D eigenvalue weighted by molar-refractivity contribution is -0.170. The summed E-state index contributed by atoms with van der Waals surface area (Å²) >= 11 is 0. The molecule has 0 radical (unpaired) electrons. The van der Waals surface area contributed by atoms with Crippen LogP contribution < -0.4 is 9.47 Å². The monoisotopic (exact) mass is 734 g/mol. The van der Waals surface area contributed by atoms with Crippen molar-refractivity contribution in [2.45, 2.75) is 45.2 Å². The molecule has 0 aromatic heterocycles. The Labute approximate surface area is 302 Å².